The van der Waals surface area contributed by atoms with Crippen molar-refractivity contribution in [3.63, 3.8) is 0 Å². The first kappa shape index (κ1) is 14.3. The molecule has 1 aliphatic heterocycles. The Morgan fingerprint density at radius 3 is 1.95 bits per heavy atom. The van der Waals surface area contributed by atoms with Gasteiger partial charge < -0.3 is 10.0 Å². The Labute approximate surface area is 126 Å². The van der Waals surface area contributed by atoms with E-state index in [4.69, 9.17) is 10.0 Å². The lowest BCUT2D eigenvalue weighted by Crippen LogP contribution is -2.30. The molecule has 1 aliphatic rings. The lowest BCUT2D eigenvalue weighted by Gasteiger charge is -2.19. The number of fused-ring (bicyclic) bond motifs is 1. The minimum Gasteiger partial charge on any atom is -0.423 e. The first-order valence-electron chi connectivity index (χ1n) is 7.46. The third-order valence-corrected chi connectivity index (χ3v) is 4.20. The van der Waals surface area contributed by atoms with E-state index in [2.05, 4.69) is 29.2 Å². The summed E-state index contributed by atoms with van der Waals surface area (Å²) in [5.74, 6) is 0. The molecular formula is C17H20BNO2. The molecule has 3 rings (SSSR count). The molecule has 108 valence electrons. The largest absolute Gasteiger partial charge is 0.488 e. The van der Waals surface area contributed by atoms with Gasteiger partial charge in [-0.05, 0) is 35.0 Å². The Morgan fingerprint density at radius 2 is 1.43 bits per heavy atom. The second-order valence-corrected chi connectivity index (χ2v) is 5.66. The van der Waals surface area contributed by atoms with Crippen LogP contribution in [0.1, 0.15) is 16.7 Å². The summed E-state index contributed by atoms with van der Waals surface area (Å²) in [5.41, 5.74) is 4.70. The molecular weight excluding hydrogens is 261 g/mol. The number of hydrogen-bond acceptors (Lipinski definition) is 3. The van der Waals surface area contributed by atoms with Gasteiger partial charge in [-0.1, -0.05) is 48.5 Å². The molecule has 0 bridgehead atoms. The molecule has 0 radical (unpaired) electrons. The van der Waals surface area contributed by atoms with Gasteiger partial charge in [-0.3, -0.25) is 4.90 Å². The molecule has 2 aromatic carbocycles. The molecule has 0 unspecified atom stereocenters. The minimum absolute atomic E-state index is 0.544. The van der Waals surface area contributed by atoms with Gasteiger partial charge in [0.1, 0.15) is 0 Å². The van der Waals surface area contributed by atoms with Gasteiger partial charge in [-0.15, -0.1) is 0 Å². The Bertz CT molecular complexity index is 571. The lowest BCUT2D eigenvalue weighted by molar-refractivity contribution is 0.279. The second kappa shape index (κ2) is 6.44. The lowest BCUT2D eigenvalue weighted by atomic mass is 9.80. The Balaban J connectivity index is 1.64. The van der Waals surface area contributed by atoms with Crippen molar-refractivity contribution in [3.05, 3.63) is 65.2 Å². The Morgan fingerprint density at radius 1 is 0.857 bits per heavy atom. The number of nitrogens with zero attached hydrogens (tertiary/aromatic N) is 1. The normalized spacial score (nSPS) is 15.3. The van der Waals surface area contributed by atoms with E-state index in [-0.39, 0.29) is 0 Å². The Kier molecular flexibility index (Phi) is 4.39. The molecule has 2 N–H and O–H groups in total. The van der Waals surface area contributed by atoms with Crippen LogP contribution in [0.5, 0.6) is 0 Å². The van der Waals surface area contributed by atoms with Crippen LogP contribution in [0.4, 0.5) is 0 Å². The molecule has 0 spiro atoms. The first-order chi connectivity index (χ1) is 10.2. The fourth-order valence-electron chi connectivity index (χ4n) is 2.93. The molecule has 21 heavy (non-hydrogen) atoms. The van der Waals surface area contributed by atoms with Gasteiger partial charge in [0.05, 0.1) is 0 Å². The van der Waals surface area contributed by atoms with E-state index in [1.165, 1.54) is 16.7 Å². The SMILES string of the molecule is OB(O)c1ccc(CN2CCc3ccccc3CC2)cc1. The fraction of sp³-hybridized carbons (Fsp3) is 0.294. The van der Waals surface area contributed by atoms with E-state index in [1.54, 1.807) is 12.1 Å². The molecule has 1 heterocycles. The van der Waals surface area contributed by atoms with Crippen LogP contribution in [0.25, 0.3) is 0 Å². The maximum Gasteiger partial charge on any atom is 0.488 e. The average Bonchev–Trinajstić information content (AvgIpc) is 2.71. The van der Waals surface area contributed by atoms with Crippen molar-refractivity contribution in [1.82, 2.24) is 4.90 Å². The van der Waals surface area contributed by atoms with E-state index in [0.29, 0.717) is 5.46 Å². The molecule has 0 amide bonds. The number of rotatable bonds is 3. The molecule has 0 fully saturated rings. The predicted molar refractivity (Wildman–Crippen MR) is 85.4 cm³/mol. The van der Waals surface area contributed by atoms with Gasteiger partial charge in [-0.25, -0.2) is 0 Å². The van der Waals surface area contributed by atoms with E-state index in [0.717, 1.165) is 32.5 Å². The van der Waals surface area contributed by atoms with Gasteiger partial charge in [0.15, 0.2) is 0 Å². The maximum atomic E-state index is 9.12. The maximum absolute atomic E-state index is 9.12. The molecule has 0 atom stereocenters. The summed E-state index contributed by atoms with van der Waals surface area (Å²) in [4.78, 5) is 2.46. The smallest absolute Gasteiger partial charge is 0.423 e. The van der Waals surface area contributed by atoms with E-state index in [9.17, 15) is 0 Å². The van der Waals surface area contributed by atoms with Crippen molar-refractivity contribution in [2.45, 2.75) is 19.4 Å². The first-order valence-corrected chi connectivity index (χ1v) is 7.46. The van der Waals surface area contributed by atoms with Crippen LogP contribution in [-0.4, -0.2) is 35.2 Å². The van der Waals surface area contributed by atoms with E-state index < -0.39 is 7.12 Å². The minimum atomic E-state index is -1.38. The van der Waals surface area contributed by atoms with Crippen molar-refractivity contribution < 1.29 is 10.0 Å². The molecule has 0 aromatic heterocycles. The number of benzene rings is 2. The summed E-state index contributed by atoms with van der Waals surface area (Å²) in [6, 6.07) is 16.2. The molecule has 4 heteroatoms. The standard InChI is InChI=1S/C17H20BNO2/c20-18(21)17-7-5-14(6-8-17)13-19-11-9-15-3-1-2-4-16(15)10-12-19/h1-8,20-21H,9-13H2. The van der Waals surface area contributed by atoms with Gasteiger partial charge in [0, 0.05) is 19.6 Å². The molecule has 0 aliphatic carbocycles. The highest BCUT2D eigenvalue weighted by molar-refractivity contribution is 6.58. The van der Waals surface area contributed by atoms with Crippen LogP contribution in [0.2, 0.25) is 0 Å². The predicted octanol–water partition coefficient (Wildman–Crippen LogP) is 0.967. The van der Waals surface area contributed by atoms with Crippen LogP contribution in [0, 0.1) is 0 Å². The average molecular weight is 281 g/mol. The summed E-state index contributed by atoms with van der Waals surface area (Å²) >= 11 is 0. The van der Waals surface area contributed by atoms with E-state index >= 15 is 0 Å². The van der Waals surface area contributed by atoms with Crippen molar-refractivity contribution in [2.24, 2.45) is 0 Å². The van der Waals surface area contributed by atoms with Gasteiger partial charge in [0.2, 0.25) is 0 Å². The topological polar surface area (TPSA) is 43.7 Å². The zero-order valence-electron chi connectivity index (χ0n) is 12.1. The van der Waals surface area contributed by atoms with Crippen LogP contribution >= 0.6 is 0 Å². The quantitative estimate of drug-likeness (QED) is 0.824. The summed E-state index contributed by atoms with van der Waals surface area (Å²) < 4.78 is 0. The highest BCUT2D eigenvalue weighted by Crippen LogP contribution is 2.16. The molecule has 3 nitrogen and oxygen atoms in total. The Hall–Kier alpha value is -1.62. The number of hydrogen-bond donors (Lipinski definition) is 2. The van der Waals surface area contributed by atoms with Crippen molar-refractivity contribution in [3.8, 4) is 0 Å². The highest BCUT2D eigenvalue weighted by Gasteiger charge is 2.14. The van der Waals surface area contributed by atoms with Crippen molar-refractivity contribution in [2.75, 3.05) is 13.1 Å². The van der Waals surface area contributed by atoms with Crippen LogP contribution in [-0.2, 0) is 19.4 Å². The molecule has 0 saturated carbocycles. The van der Waals surface area contributed by atoms with Gasteiger partial charge in [-0.2, -0.15) is 0 Å². The summed E-state index contributed by atoms with van der Waals surface area (Å²) in [6.07, 6.45) is 2.20. The second-order valence-electron chi connectivity index (χ2n) is 5.66. The summed E-state index contributed by atoms with van der Waals surface area (Å²) in [7, 11) is -1.38. The third-order valence-electron chi connectivity index (χ3n) is 4.20. The van der Waals surface area contributed by atoms with Gasteiger partial charge in [0.25, 0.3) is 0 Å². The van der Waals surface area contributed by atoms with Crippen LogP contribution < -0.4 is 5.46 Å². The molecule has 0 saturated heterocycles. The summed E-state index contributed by atoms with van der Waals surface area (Å²) in [6.45, 7) is 3.05. The van der Waals surface area contributed by atoms with Crippen LogP contribution in [0.3, 0.4) is 0 Å². The van der Waals surface area contributed by atoms with Crippen LogP contribution in [0.15, 0.2) is 48.5 Å². The highest BCUT2D eigenvalue weighted by atomic mass is 16.4. The van der Waals surface area contributed by atoms with Gasteiger partial charge >= 0.3 is 7.12 Å². The van der Waals surface area contributed by atoms with Crippen molar-refractivity contribution in [1.29, 1.82) is 0 Å². The summed E-state index contributed by atoms with van der Waals surface area (Å²) in [5, 5.41) is 18.2. The monoisotopic (exact) mass is 281 g/mol. The molecule has 2 aromatic rings. The van der Waals surface area contributed by atoms with Crippen molar-refractivity contribution >= 4 is 12.6 Å². The zero-order valence-corrected chi connectivity index (χ0v) is 12.1. The van der Waals surface area contributed by atoms with E-state index in [1.807, 2.05) is 12.1 Å². The fourth-order valence-corrected chi connectivity index (χ4v) is 2.93. The zero-order chi connectivity index (χ0) is 14.7. The third kappa shape index (κ3) is 3.53.